The maximum Gasteiger partial charge on any atom is 0.126 e. The molecule has 0 aromatic heterocycles. The molecule has 0 radical (unpaired) electrons. The van der Waals surface area contributed by atoms with Gasteiger partial charge in [-0.1, -0.05) is 43.6 Å². The molecule has 0 bridgehead atoms. The number of halogens is 2. The van der Waals surface area contributed by atoms with Crippen molar-refractivity contribution in [1.29, 1.82) is 0 Å². The van der Waals surface area contributed by atoms with Crippen molar-refractivity contribution in [3.63, 3.8) is 0 Å². The second kappa shape index (κ2) is 7.39. The first kappa shape index (κ1) is 16.6. The second-order valence-corrected chi connectivity index (χ2v) is 7.34. The van der Waals surface area contributed by atoms with Crippen molar-refractivity contribution in [2.24, 2.45) is 11.3 Å². The van der Waals surface area contributed by atoms with Crippen molar-refractivity contribution in [2.75, 3.05) is 13.1 Å². The third-order valence-corrected chi connectivity index (χ3v) is 3.70. The van der Waals surface area contributed by atoms with Crippen LogP contribution in [0.15, 0.2) is 22.7 Å². The van der Waals surface area contributed by atoms with Gasteiger partial charge in [-0.3, -0.25) is 0 Å². The van der Waals surface area contributed by atoms with Crippen LogP contribution in [-0.2, 0) is 6.42 Å². The quantitative estimate of drug-likeness (QED) is 0.709. The smallest absolute Gasteiger partial charge is 0.126 e. The first-order chi connectivity index (χ1) is 8.80. The molecule has 1 N–H and O–H groups in total. The molecule has 0 saturated carbocycles. The van der Waals surface area contributed by atoms with Crippen molar-refractivity contribution in [3.05, 3.63) is 34.1 Å². The topological polar surface area (TPSA) is 12.0 Å². The van der Waals surface area contributed by atoms with Gasteiger partial charge in [0.1, 0.15) is 5.82 Å². The Kier molecular flexibility index (Phi) is 6.48. The predicted molar refractivity (Wildman–Crippen MR) is 83.9 cm³/mol. The Morgan fingerprint density at radius 1 is 1.32 bits per heavy atom. The third-order valence-electron chi connectivity index (χ3n) is 3.21. The van der Waals surface area contributed by atoms with Gasteiger partial charge in [0.25, 0.3) is 0 Å². The molecule has 0 atom stereocenters. The molecule has 0 fully saturated rings. The fraction of sp³-hybridized carbons (Fsp3) is 0.625. The monoisotopic (exact) mass is 329 g/mol. The first-order valence-corrected chi connectivity index (χ1v) is 7.74. The Labute approximate surface area is 125 Å². The molecule has 1 nitrogen and oxygen atoms in total. The van der Waals surface area contributed by atoms with Gasteiger partial charge in [0.15, 0.2) is 0 Å². The zero-order valence-corrected chi connectivity index (χ0v) is 14.0. The molecule has 1 aromatic carbocycles. The summed E-state index contributed by atoms with van der Waals surface area (Å²) in [7, 11) is 0. The van der Waals surface area contributed by atoms with Crippen LogP contribution in [0.25, 0.3) is 0 Å². The summed E-state index contributed by atoms with van der Waals surface area (Å²) in [5.74, 6) is 0.567. The van der Waals surface area contributed by atoms with E-state index in [0.717, 1.165) is 36.0 Å². The van der Waals surface area contributed by atoms with E-state index in [4.69, 9.17) is 0 Å². The number of rotatable bonds is 7. The van der Waals surface area contributed by atoms with Crippen LogP contribution < -0.4 is 5.32 Å². The van der Waals surface area contributed by atoms with E-state index in [0.29, 0.717) is 5.92 Å². The summed E-state index contributed by atoms with van der Waals surface area (Å²) in [6.07, 6.45) is 1.81. The summed E-state index contributed by atoms with van der Waals surface area (Å²) in [6.45, 7) is 10.8. The van der Waals surface area contributed by atoms with E-state index in [2.05, 4.69) is 48.9 Å². The van der Waals surface area contributed by atoms with Gasteiger partial charge in [0.2, 0.25) is 0 Å². The van der Waals surface area contributed by atoms with Gasteiger partial charge in [0.05, 0.1) is 0 Å². The standard InChI is InChI=1S/C16H25BrFN/c1-12(2)11-19-8-7-16(3,4)10-13-9-14(17)5-6-15(13)18/h5-6,9,12,19H,7-8,10-11H2,1-4H3. The van der Waals surface area contributed by atoms with Gasteiger partial charge in [-0.2, -0.15) is 0 Å². The van der Waals surface area contributed by atoms with Gasteiger partial charge < -0.3 is 5.32 Å². The zero-order valence-electron chi connectivity index (χ0n) is 12.4. The summed E-state index contributed by atoms with van der Waals surface area (Å²) in [6, 6.07) is 5.17. The Balaban J connectivity index is 2.51. The normalized spacial score (nSPS) is 12.2. The minimum absolute atomic E-state index is 0.103. The van der Waals surface area contributed by atoms with E-state index in [1.54, 1.807) is 6.07 Å². The van der Waals surface area contributed by atoms with Gasteiger partial charge in [-0.05, 0) is 61.0 Å². The highest BCUT2D eigenvalue weighted by Gasteiger charge is 2.20. The van der Waals surface area contributed by atoms with E-state index in [-0.39, 0.29) is 11.2 Å². The van der Waals surface area contributed by atoms with Crippen molar-refractivity contribution in [2.45, 2.75) is 40.5 Å². The number of hydrogen-bond donors (Lipinski definition) is 1. The molecule has 3 heteroatoms. The molecule has 0 saturated heterocycles. The second-order valence-electron chi connectivity index (χ2n) is 6.42. The average Bonchev–Trinajstić information content (AvgIpc) is 2.29. The predicted octanol–water partition coefficient (Wildman–Crippen LogP) is 4.79. The number of benzene rings is 1. The highest BCUT2D eigenvalue weighted by molar-refractivity contribution is 9.10. The first-order valence-electron chi connectivity index (χ1n) is 6.95. The minimum Gasteiger partial charge on any atom is -0.316 e. The van der Waals surface area contributed by atoms with Crippen molar-refractivity contribution in [1.82, 2.24) is 5.32 Å². The summed E-state index contributed by atoms with van der Waals surface area (Å²) >= 11 is 3.40. The van der Waals surface area contributed by atoms with Gasteiger partial charge in [-0.15, -0.1) is 0 Å². The molecule has 19 heavy (non-hydrogen) atoms. The maximum atomic E-state index is 13.8. The maximum absolute atomic E-state index is 13.8. The largest absolute Gasteiger partial charge is 0.316 e. The molecular formula is C16H25BrFN. The summed E-state index contributed by atoms with van der Waals surface area (Å²) < 4.78 is 14.7. The molecule has 0 amide bonds. The molecule has 0 aliphatic heterocycles. The minimum atomic E-state index is -0.105. The lowest BCUT2D eigenvalue weighted by atomic mass is 9.82. The Hall–Kier alpha value is -0.410. The SMILES string of the molecule is CC(C)CNCCC(C)(C)Cc1cc(Br)ccc1F. The highest BCUT2D eigenvalue weighted by Crippen LogP contribution is 2.28. The van der Waals surface area contributed by atoms with Crippen LogP contribution in [0.2, 0.25) is 0 Å². The Bertz CT molecular complexity index is 402. The lowest BCUT2D eigenvalue weighted by molar-refractivity contribution is 0.318. The number of hydrogen-bond acceptors (Lipinski definition) is 1. The van der Waals surface area contributed by atoms with Crippen LogP contribution >= 0.6 is 15.9 Å². The van der Waals surface area contributed by atoms with Crippen LogP contribution in [0.4, 0.5) is 4.39 Å². The lowest BCUT2D eigenvalue weighted by Crippen LogP contribution is -2.26. The molecule has 1 aromatic rings. The fourth-order valence-corrected chi connectivity index (χ4v) is 2.51. The molecule has 0 unspecified atom stereocenters. The molecule has 0 aliphatic carbocycles. The average molecular weight is 330 g/mol. The summed E-state index contributed by atoms with van der Waals surface area (Å²) in [4.78, 5) is 0. The Morgan fingerprint density at radius 2 is 2.00 bits per heavy atom. The highest BCUT2D eigenvalue weighted by atomic mass is 79.9. The van der Waals surface area contributed by atoms with Crippen molar-refractivity contribution >= 4 is 15.9 Å². The van der Waals surface area contributed by atoms with E-state index < -0.39 is 0 Å². The summed E-state index contributed by atoms with van der Waals surface area (Å²) in [5, 5.41) is 3.45. The van der Waals surface area contributed by atoms with Crippen molar-refractivity contribution in [3.8, 4) is 0 Å². The fourth-order valence-electron chi connectivity index (χ4n) is 2.10. The molecular weight excluding hydrogens is 305 g/mol. The van der Waals surface area contributed by atoms with Crippen LogP contribution in [-0.4, -0.2) is 13.1 Å². The van der Waals surface area contributed by atoms with Crippen LogP contribution in [0, 0.1) is 17.2 Å². The van der Waals surface area contributed by atoms with Gasteiger partial charge in [-0.25, -0.2) is 4.39 Å². The van der Waals surface area contributed by atoms with E-state index in [1.165, 1.54) is 6.07 Å². The van der Waals surface area contributed by atoms with E-state index in [1.807, 2.05) is 6.07 Å². The molecule has 108 valence electrons. The molecule has 0 spiro atoms. The summed E-state index contributed by atoms with van der Waals surface area (Å²) in [5.41, 5.74) is 0.897. The van der Waals surface area contributed by atoms with Crippen LogP contribution in [0.3, 0.4) is 0 Å². The van der Waals surface area contributed by atoms with E-state index >= 15 is 0 Å². The van der Waals surface area contributed by atoms with Gasteiger partial charge >= 0.3 is 0 Å². The van der Waals surface area contributed by atoms with E-state index in [9.17, 15) is 4.39 Å². The van der Waals surface area contributed by atoms with Crippen molar-refractivity contribution < 1.29 is 4.39 Å². The number of nitrogens with one attached hydrogen (secondary N) is 1. The van der Waals surface area contributed by atoms with Gasteiger partial charge in [0, 0.05) is 4.47 Å². The van der Waals surface area contributed by atoms with Crippen LogP contribution in [0.5, 0.6) is 0 Å². The molecule has 0 aliphatic rings. The molecule has 1 rings (SSSR count). The lowest BCUT2D eigenvalue weighted by Gasteiger charge is -2.25. The Morgan fingerprint density at radius 3 is 2.63 bits per heavy atom. The molecule has 0 heterocycles. The third kappa shape index (κ3) is 6.53. The zero-order chi connectivity index (χ0) is 14.5. The van der Waals surface area contributed by atoms with Crippen LogP contribution in [0.1, 0.15) is 39.7 Å².